The molecular weight excluding hydrogens is 218 g/mol. The van der Waals surface area contributed by atoms with Crippen LogP contribution in [0.4, 0.5) is 0 Å². The van der Waals surface area contributed by atoms with E-state index < -0.39 is 27.4 Å². The van der Waals surface area contributed by atoms with Crippen LogP contribution in [0.1, 0.15) is 27.2 Å². The van der Waals surface area contributed by atoms with E-state index in [0.717, 1.165) is 6.26 Å². The van der Waals surface area contributed by atoms with E-state index >= 15 is 0 Å². The van der Waals surface area contributed by atoms with Crippen molar-refractivity contribution in [2.24, 2.45) is 5.73 Å². The summed E-state index contributed by atoms with van der Waals surface area (Å²) in [6.07, 6.45) is 1.20. The first kappa shape index (κ1) is 14.4. The number of carbonyl (C=O) groups excluding carboxylic acids is 1. The molecular formula is C9H19NO4S. The molecule has 5 nitrogen and oxygen atoms in total. The van der Waals surface area contributed by atoms with E-state index in [2.05, 4.69) is 0 Å². The van der Waals surface area contributed by atoms with Gasteiger partial charge in [0.05, 0.1) is 5.75 Å². The molecule has 0 bridgehead atoms. The van der Waals surface area contributed by atoms with Gasteiger partial charge in [-0.25, -0.2) is 8.42 Å². The Bertz CT molecular complexity index is 315. The Hall–Kier alpha value is -0.620. The lowest BCUT2D eigenvalue weighted by molar-refractivity contribution is -0.156. The first-order chi connectivity index (χ1) is 6.51. The van der Waals surface area contributed by atoms with Gasteiger partial charge in [-0.05, 0) is 27.2 Å². The summed E-state index contributed by atoms with van der Waals surface area (Å²) in [4.78, 5) is 11.3. The maximum absolute atomic E-state index is 11.3. The minimum atomic E-state index is -3.08. The molecule has 0 saturated heterocycles. The van der Waals surface area contributed by atoms with Crippen molar-refractivity contribution in [2.45, 2.75) is 38.8 Å². The molecule has 2 N–H and O–H groups in total. The largest absolute Gasteiger partial charge is 0.459 e. The number of hydrogen-bond acceptors (Lipinski definition) is 5. The number of carbonyl (C=O) groups is 1. The smallest absolute Gasteiger partial charge is 0.323 e. The second-order valence-electron chi connectivity index (χ2n) is 4.56. The van der Waals surface area contributed by atoms with E-state index in [1.54, 1.807) is 20.8 Å². The van der Waals surface area contributed by atoms with Crippen molar-refractivity contribution in [3.05, 3.63) is 0 Å². The fraction of sp³-hybridized carbons (Fsp3) is 0.889. The van der Waals surface area contributed by atoms with Gasteiger partial charge >= 0.3 is 5.97 Å². The van der Waals surface area contributed by atoms with Gasteiger partial charge in [-0.1, -0.05) is 0 Å². The molecule has 0 amide bonds. The number of hydrogen-bond donors (Lipinski definition) is 1. The minimum Gasteiger partial charge on any atom is -0.459 e. The van der Waals surface area contributed by atoms with E-state index in [-0.39, 0.29) is 12.2 Å². The first-order valence-corrected chi connectivity index (χ1v) is 6.73. The molecule has 0 aliphatic carbocycles. The molecule has 0 heterocycles. The van der Waals surface area contributed by atoms with Crippen molar-refractivity contribution < 1.29 is 17.9 Å². The molecule has 90 valence electrons. The van der Waals surface area contributed by atoms with Crippen molar-refractivity contribution in [1.82, 2.24) is 0 Å². The van der Waals surface area contributed by atoms with E-state index in [9.17, 15) is 13.2 Å². The molecule has 0 aliphatic heterocycles. The van der Waals surface area contributed by atoms with E-state index in [1.807, 2.05) is 0 Å². The standard InChI is InChI=1S/C9H19NO4S/c1-9(2,3)14-8(11)7(10)5-6-15(4,12)13/h7H,5-6,10H2,1-4H3. The number of sulfone groups is 1. The molecule has 0 saturated carbocycles. The zero-order chi connectivity index (χ0) is 12.3. The van der Waals surface area contributed by atoms with Crippen LogP contribution in [-0.2, 0) is 19.4 Å². The molecule has 0 aliphatic rings. The third-order valence-electron chi connectivity index (χ3n) is 1.51. The molecule has 0 aromatic heterocycles. The summed E-state index contributed by atoms with van der Waals surface area (Å²) in [5, 5.41) is 0. The van der Waals surface area contributed by atoms with Gasteiger partial charge in [0, 0.05) is 6.26 Å². The maximum Gasteiger partial charge on any atom is 0.323 e. The van der Waals surface area contributed by atoms with Crippen LogP contribution < -0.4 is 5.73 Å². The molecule has 6 heteroatoms. The molecule has 0 rings (SSSR count). The average Bonchev–Trinajstić information content (AvgIpc) is 1.95. The highest BCUT2D eigenvalue weighted by Crippen LogP contribution is 2.09. The Kier molecular flexibility index (Phi) is 4.73. The molecule has 0 spiro atoms. The normalized spacial score (nSPS) is 14.7. The van der Waals surface area contributed by atoms with Crippen LogP contribution in [0.25, 0.3) is 0 Å². The highest BCUT2D eigenvalue weighted by atomic mass is 32.2. The van der Waals surface area contributed by atoms with Gasteiger partial charge in [0.25, 0.3) is 0 Å². The van der Waals surface area contributed by atoms with Crippen molar-refractivity contribution in [1.29, 1.82) is 0 Å². The molecule has 0 aromatic carbocycles. The van der Waals surface area contributed by atoms with E-state index in [0.29, 0.717) is 0 Å². The average molecular weight is 237 g/mol. The fourth-order valence-corrected chi connectivity index (χ4v) is 1.52. The number of nitrogens with two attached hydrogens (primary N) is 1. The van der Waals surface area contributed by atoms with Crippen molar-refractivity contribution in [3.8, 4) is 0 Å². The Morgan fingerprint density at radius 2 is 1.87 bits per heavy atom. The van der Waals surface area contributed by atoms with Crippen LogP contribution in [-0.4, -0.2) is 38.0 Å². The van der Waals surface area contributed by atoms with Crippen LogP contribution >= 0.6 is 0 Å². The van der Waals surface area contributed by atoms with Gasteiger partial charge < -0.3 is 10.5 Å². The van der Waals surface area contributed by atoms with Gasteiger partial charge in [0.1, 0.15) is 21.5 Å². The third-order valence-corrected chi connectivity index (χ3v) is 2.49. The second kappa shape index (κ2) is 4.94. The highest BCUT2D eigenvalue weighted by Gasteiger charge is 2.22. The topological polar surface area (TPSA) is 86.5 Å². The zero-order valence-corrected chi connectivity index (χ0v) is 10.4. The van der Waals surface area contributed by atoms with E-state index in [4.69, 9.17) is 10.5 Å². The van der Waals surface area contributed by atoms with Crippen LogP contribution in [0.3, 0.4) is 0 Å². The molecule has 15 heavy (non-hydrogen) atoms. The molecule has 1 unspecified atom stereocenters. The van der Waals surface area contributed by atoms with Crippen LogP contribution in [0, 0.1) is 0 Å². The summed E-state index contributed by atoms with van der Waals surface area (Å²) in [6, 6.07) is -0.876. The van der Waals surface area contributed by atoms with Crippen LogP contribution in [0.5, 0.6) is 0 Å². The van der Waals surface area contributed by atoms with Gasteiger partial charge in [-0.3, -0.25) is 4.79 Å². The van der Waals surface area contributed by atoms with Gasteiger partial charge in [0.15, 0.2) is 0 Å². The van der Waals surface area contributed by atoms with Crippen molar-refractivity contribution in [2.75, 3.05) is 12.0 Å². The summed E-state index contributed by atoms with van der Waals surface area (Å²) in [6.45, 7) is 5.19. The Labute approximate surface area is 90.9 Å². The fourth-order valence-electron chi connectivity index (χ4n) is 0.836. The van der Waals surface area contributed by atoms with Crippen molar-refractivity contribution in [3.63, 3.8) is 0 Å². The molecule has 1 atom stereocenters. The third kappa shape index (κ3) is 8.38. The zero-order valence-electron chi connectivity index (χ0n) is 9.61. The number of esters is 1. The SMILES string of the molecule is CC(C)(C)OC(=O)C(N)CCS(C)(=O)=O. The van der Waals surface area contributed by atoms with Crippen LogP contribution in [0.15, 0.2) is 0 Å². The first-order valence-electron chi connectivity index (χ1n) is 4.67. The second-order valence-corrected chi connectivity index (χ2v) is 6.82. The van der Waals surface area contributed by atoms with Gasteiger partial charge in [-0.2, -0.15) is 0 Å². The predicted molar refractivity (Wildman–Crippen MR) is 58.1 cm³/mol. The van der Waals surface area contributed by atoms with E-state index in [1.165, 1.54) is 0 Å². The number of ether oxygens (including phenoxy) is 1. The summed E-state index contributed by atoms with van der Waals surface area (Å²) in [5.74, 6) is -0.668. The molecule has 0 radical (unpaired) electrons. The predicted octanol–water partition coefficient (Wildman–Crippen LogP) is 0.0901. The Morgan fingerprint density at radius 1 is 1.40 bits per heavy atom. The molecule has 0 fully saturated rings. The number of rotatable bonds is 4. The maximum atomic E-state index is 11.3. The minimum absolute atomic E-state index is 0.0910. The monoisotopic (exact) mass is 237 g/mol. The summed E-state index contributed by atoms with van der Waals surface area (Å²) in [5.41, 5.74) is 4.90. The summed E-state index contributed by atoms with van der Waals surface area (Å²) < 4.78 is 26.7. The lowest BCUT2D eigenvalue weighted by atomic mass is 10.2. The lowest BCUT2D eigenvalue weighted by Gasteiger charge is -2.21. The Balaban J connectivity index is 4.12. The quantitative estimate of drug-likeness (QED) is 0.700. The molecule has 0 aromatic rings. The lowest BCUT2D eigenvalue weighted by Crippen LogP contribution is -2.38. The Morgan fingerprint density at radius 3 is 2.20 bits per heavy atom. The van der Waals surface area contributed by atoms with Crippen LogP contribution in [0.2, 0.25) is 0 Å². The summed E-state index contributed by atoms with van der Waals surface area (Å²) in [7, 11) is -3.08. The van der Waals surface area contributed by atoms with Gasteiger partial charge in [0.2, 0.25) is 0 Å². The summed E-state index contributed by atoms with van der Waals surface area (Å²) >= 11 is 0. The highest BCUT2D eigenvalue weighted by molar-refractivity contribution is 7.90. The van der Waals surface area contributed by atoms with Crippen molar-refractivity contribution >= 4 is 15.8 Å². The van der Waals surface area contributed by atoms with Gasteiger partial charge in [-0.15, -0.1) is 0 Å².